The molecule has 0 bridgehead atoms. The lowest BCUT2D eigenvalue weighted by Crippen LogP contribution is -2.36. The van der Waals surface area contributed by atoms with Crippen molar-refractivity contribution in [2.75, 3.05) is 43.1 Å². The number of thiazole rings is 1. The number of thioether (sulfide) groups is 1. The zero-order chi connectivity index (χ0) is 31.4. The van der Waals surface area contributed by atoms with E-state index in [1.165, 1.54) is 35.2 Å². The van der Waals surface area contributed by atoms with Crippen LogP contribution in [-0.4, -0.2) is 69.0 Å². The van der Waals surface area contributed by atoms with Crippen molar-refractivity contribution in [1.29, 1.82) is 0 Å². The van der Waals surface area contributed by atoms with E-state index in [0.29, 0.717) is 16.3 Å². The molecule has 0 fully saturated rings. The molecular weight excluding hydrogens is 638 g/mol. The average Bonchev–Trinajstić information content (AvgIpc) is 3.63. The molecule has 3 heterocycles. The van der Waals surface area contributed by atoms with Gasteiger partial charge in [0.05, 0.1) is 43.3 Å². The Hall–Kier alpha value is -2.53. The maximum Gasteiger partial charge on any atom is 0.267 e. The van der Waals surface area contributed by atoms with Crippen molar-refractivity contribution in [3.63, 3.8) is 0 Å². The molecular formula is C28H33FN3O7S4-. The summed E-state index contributed by atoms with van der Waals surface area (Å²) < 4.78 is 89.7. The van der Waals surface area contributed by atoms with Gasteiger partial charge in [-0.1, -0.05) is 36.9 Å². The van der Waals surface area contributed by atoms with Crippen molar-refractivity contribution in [1.82, 2.24) is 4.90 Å². The van der Waals surface area contributed by atoms with Gasteiger partial charge in [-0.2, -0.15) is 4.57 Å². The molecule has 1 aliphatic heterocycles. The maximum atomic E-state index is 14.1. The third-order valence-electron chi connectivity index (χ3n) is 6.88. The van der Waals surface area contributed by atoms with Crippen LogP contribution in [-0.2, 0) is 26.8 Å². The summed E-state index contributed by atoms with van der Waals surface area (Å²) in [5.74, 6) is -1.51. The first-order chi connectivity index (χ1) is 20.3. The number of benzene rings is 2. The number of aryl methyl sites for hydroxylation is 1. The molecule has 0 radical (unpaired) electrons. The summed E-state index contributed by atoms with van der Waals surface area (Å²) in [5.41, 5.74) is 1.96. The Kier molecular flexibility index (Phi) is 10.9. The first-order valence-electron chi connectivity index (χ1n) is 13.6. The Labute approximate surface area is 259 Å². The van der Waals surface area contributed by atoms with E-state index < -0.39 is 37.6 Å². The molecule has 2 aromatic carbocycles. The minimum atomic E-state index is -4.40. The second-order valence-corrected chi connectivity index (χ2v) is 15.1. The van der Waals surface area contributed by atoms with Gasteiger partial charge in [-0.3, -0.25) is 0 Å². The van der Waals surface area contributed by atoms with Crippen LogP contribution in [0.4, 0.5) is 10.1 Å². The summed E-state index contributed by atoms with van der Waals surface area (Å²) >= 11 is 2.81. The van der Waals surface area contributed by atoms with Crippen molar-refractivity contribution in [3.05, 3.63) is 58.5 Å². The predicted molar refractivity (Wildman–Crippen MR) is 167 cm³/mol. The summed E-state index contributed by atoms with van der Waals surface area (Å²) in [6.07, 6.45) is 3.58. The quantitative estimate of drug-likeness (QED) is 0.161. The average molecular weight is 671 g/mol. The van der Waals surface area contributed by atoms with Gasteiger partial charge >= 0.3 is 0 Å². The van der Waals surface area contributed by atoms with E-state index in [9.17, 15) is 30.3 Å². The van der Waals surface area contributed by atoms with E-state index in [1.54, 1.807) is 17.2 Å². The second-order valence-electron chi connectivity index (χ2n) is 9.91. The van der Waals surface area contributed by atoms with Crippen LogP contribution >= 0.6 is 23.1 Å². The van der Waals surface area contributed by atoms with Crippen molar-refractivity contribution in [2.24, 2.45) is 0 Å². The molecule has 0 aliphatic carbocycles. The van der Waals surface area contributed by atoms with Gasteiger partial charge in [0.1, 0.15) is 10.5 Å². The summed E-state index contributed by atoms with van der Waals surface area (Å²) in [6, 6.07) is 10.0. The zero-order valence-electron chi connectivity index (χ0n) is 24.0. The standard InChI is InChI=1S/C23H21FN2O7S4.C5H13N/c24-16-4-6-18-17(13-16)25(8-1-11-36(27,28)29)20(34-18)14-21-26(9-2-12-37(30,31)32)22-19(35-21)5-3-15-7-10-33-23(15)22;1-4-6(3)5-2/h3-7,10,13-14H,1-2,8-9,11-12H2,(H-,27,28,29,30,31,32);4-5H2,1-3H3/p-1. The van der Waals surface area contributed by atoms with Gasteiger partial charge in [0.25, 0.3) is 10.5 Å². The van der Waals surface area contributed by atoms with Crippen LogP contribution < -0.4 is 9.47 Å². The van der Waals surface area contributed by atoms with E-state index in [2.05, 4.69) is 25.8 Å². The minimum Gasteiger partial charge on any atom is -0.748 e. The number of aromatic nitrogens is 1. The monoisotopic (exact) mass is 670 g/mol. The largest absolute Gasteiger partial charge is 0.748 e. The highest BCUT2D eigenvalue weighted by Crippen LogP contribution is 2.47. The molecule has 234 valence electrons. The molecule has 0 saturated carbocycles. The first-order valence-corrected chi connectivity index (χ1v) is 18.4. The highest BCUT2D eigenvalue weighted by molar-refractivity contribution is 8.04. The zero-order valence-corrected chi connectivity index (χ0v) is 27.3. The van der Waals surface area contributed by atoms with Gasteiger partial charge in [-0.05, 0) is 63.0 Å². The number of halogens is 1. The van der Waals surface area contributed by atoms with Crippen LogP contribution in [0.25, 0.3) is 27.3 Å². The fourth-order valence-corrected chi connectivity index (χ4v) is 7.75. The van der Waals surface area contributed by atoms with Crippen molar-refractivity contribution < 1.29 is 39.3 Å². The van der Waals surface area contributed by atoms with Crippen LogP contribution in [0.2, 0.25) is 0 Å². The number of furan rings is 1. The van der Waals surface area contributed by atoms with Gasteiger partial charge in [0.15, 0.2) is 6.54 Å². The van der Waals surface area contributed by atoms with Crippen LogP contribution in [0.1, 0.15) is 31.7 Å². The minimum absolute atomic E-state index is 0.0560. The third-order valence-corrected chi connectivity index (χ3v) is 10.7. The number of anilines is 1. The molecule has 0 N–H and O–H groups in total. The molecule has 2 aromatic heterocycles. The molecule has 0 saturated heterocycles. The second kappa shape index (κ2) is 14.1. The van der Waals surface area contributed by atoms with Crippen molar-refractivity contribution >= 4 is 76.3 Å². The van der Waals surface area contributed by atoms with E-state index in [4.69, 9.17) is 4.42 Å². The molecule has 5 rings (SSSR count). The van der Waals surface area contributed by atoms with Gasteiger partial charge in [0, 0.05) is 34.8 Å². The fraction of sp³-hybridized carbons (Fsp3) is 0.393. The smallest absolute Gasteiger partial charge is 0.267 e. The van der Waals surface area contributed by atoms with Crippen molar-refractivity contribution in [2.45, 2.75) is 38.1 Å². The lowest BCUT2D eigenvalue weighted by atomic mass is 10.2. The number of hydrogen-bond donors (Lipinski definition) is 0. The molecule has 0 unspecified atom stereocenters. The number of hydrogen-bond acceptors (Lipinski definition) is 11. The topological polar surface area (TPSA) is 138 Å². The van der Waals surface area contributed by atoms with E-state index in [1.807, 2.05) is 28.8 Å². The van der Waals surface area contributed by atoms with Crippen LogP contribution in [0.3, 0.4) is 0 Å². The Morgan fingerprint density at radius 2 is 1.72 bits per heavy atom. The normalized spacial score (nSPS) is 14.6. The van der Waals surface area contributed by atoms with E-state index >= 15 is 0 Å². The molecule has 0 atom stereocenters. The number of rotatable bonds is 11. The molecule has 10 nitrogen and oxygen atoms in total. The van der Waals surface area contributed by atoms with Crippen LogP contribution in [0.5, 0.6) is 0 Å². The lowest BCUT2D eigenvalue weighted by Gasteiger charge is -2.20. The van der Waals surface area contributed by atoms with E-state index in [0.717, 1.165) is 38.6 Å². The lowest BCUT2D eigenvalue weighted by molar-refractivity contribution is -0.668. The Morgan fingerprint density at radius 3 is 2.37 bits per heavy atom. The summed E-state index contributed by atoms with van der Waals surface area (Å²) in [5, 5.41) is 2.30. The number of nitrogens with zero attached hydrogens (tertiary/aromatic N) is 3. The highest BCUT2D eigenvalue weighted by atomic mass is 32.2. The Bertz CT molecular complexity index is 1830. The van der Waals surface area contributed by atoms with Gasteiger partial charge in [-0.25, -0.2) is 21.2 Å². The summed E-state index contributed by atoms with van der Waals surface area (Å²) in [6.45, 7) is 7.06. The SMILES string of the molecule is CCN(C)CC.O=S(=O)([O-])CCCN1/C(=C/c2sc3ccc4ccoc4c3[n+]2CCCS(=O)(=O)[O-])Sc2ccc(F)cc21. The van der Waals surface area contributed by atoms with Gasteiger partial charge < -0.3 is 23.3 Å². The molecule has 0 amide bonds. The highest BCUT2D eigenvalue weighted by Gasteiger charge is 2.29. The first kappa shape index (κ1) is 33.4. The Balaban J connectivity index is 0.000000641. The molecule has 43 heavy (non-hydrogen) atoms. The Morgan fingerprint density at radius 1 is 1.02 bits per heavy atom. The third kappa shape index (κ3) is 8.77. The fourth-order valence-electron chi connectivity index (χ4n) is 4.48. The summed E-state index contributed by atoms with van der Waals surface area (Å²) in [4.78, 5) is 4.80. The molecule has 15 heteroatoms. The van der Waals surface area contributed by atoms with E-state index in [-0.39, 0.29) is 25.9 Å². The van der Waals surface area contributed by atoms with Gasteiger partial charge in [-0.15, -0.1) is 0 Å². The predicted octanol–water partition coefficient (Wildman–Crippen LogP) is 4.81. The molecule has 1 aliphatic rings. The molecule has 4 aromatic rings. The maximum absolute atomic E-state index is 14.1. The van der Waals surface area contributed by atoms with Gasteiger partial charge in [0.2, 0.25) is 5.58 Å². The van der Waals surface area contributed by atoms with Crippen molar-refractivity contribution in [3.8, 4) is 0 Å². The number of fused-ring (bicyclic) bond motifs is 4. The van der Waals surface area contributed by atoms with Crippen LogP contribution in [0.15, 0.2) is 57.0 Å². The van der Waals surface area contributed by atoms with Crippen LogP contribution in [0, 0.1) is 5.82 Å². The molecule has 0 spiro atoms. The summed E-state index contributed by atoms with van der Waals surface area (Å²) in [7, 11) is -6.68.